The van der Waals surface area contributed by atoms with Crippen LogP contribution in [-0.4, -0.2) is 68.7 Å². The van der Waals surface area contributed by atoms with Gasteiger partial charge in [0.05, 0.1) is 6.10 Å². The average Bonchev–Trinajstić information content (AvgIpc) is 2.45. The smallest absolute Gasteiger partial charge is 0.379 e. The van der Waals surface area contributed by atoms with Gasteiger partial charge in [-0.1, -0.05) is 19.6 Å². The summed E-state index contributed by atoms with van der Waals surface area (Å²) in [6, 6.07) is 0.861. The first-order valence-corrected chi connectivity index (χ1v) is 13.6. The summed E-state index contributed by atoms with van der Waals surface area (Å²) >= 11 is 0. The monoisotopic (exact) mass is 351 g/mol. The van der Waals surface area contributed by atoms with Gasteiger partial charge in [-0.15, -0.1) is 0 Å². The van der Waals surface area contributed by atoms with Crippen molar-refractivity contribution < 1.29 is 18.0 Å². The third kappa shape index (κ3) is 8.76. The van der Waals surface area contributed by atoms with E-state index in [0.29, 0.717) is 6.10 Å². The maximum atomic E-state index is 5.65. The molecule has 5 nitrogen and oxygen atoms in total. The summed E-state index contributed by atoms with van der Waals surface area (Å²) in [4.78, 5) is 0. The number of ether oxygens (including phenoxy) is 1. The molecule has 0 aromatic heterocycles. The van der Waals surface area contributed by atoms with Gasteiger partial charge in [-0.05, 0) is 39.8 Å². The Bertz CT molecular complexity index is 273. The highest BCUT2D eigenvalue weighted by Gasteiger charge is 2.37. The summed E-state index contributed by atoms with van der Waals surface area (Å²) in [5.74, 6) is 0. The molecule has 0 saturated heterocycles. The standard InChI is InChI=1S/C15H37NO4Si2/c1-15(2)20-13-9-11-16(21(6,7)8)12-10-14-22(17-3,18-4)19-5/h15H,9-14H2,1-8H3. The van der Waals surface area contributed by atoms with E-state index in [4.69, 9.17) is 18.0 Å². The van der Waals surface area contributed by atoms with Crippen LogP contribution in [0.15, 0.2) is 0 Å². The minimum Gasteiger partial charge on any atom is -0.379 e. The summed E-state index contributed by atoms with van der Waals surface area (Å²) in [6.07, 6.45) is 2.44. The highest BCUT2D eigenvalue weighted by Crippen LogP contribution is 2.18. The van der Waals surface area contributed by atoms with Crippen molar-refractivity contribution in [1.82, 2.24) is 4.57 Å². The number of hydrogen-bond acceptors (Lipinski definition) is 5. The zero-order valence-electron chi connectivity index (χ0n) is 15.9. The molecular formula is C15H37NO4Si2. The van der Waals surface area contributed by atoms with E-state index < -0.39 is 17.0 Å². The summed E-state index contributed by atoms with van der Waals surface area (Å²) in [5.41, 5.74) is 0. The minimum atomic E-state index is -2.43. The van der Waals surface area contributed by atoms with E-state index in [0.717, 1.165) is 38.6 Å². The van der Waals surface area contributed by atoms with Crippen LogP contribution in [0.4, 0.5) is 0 Å². The molecule has 0 heterocycles. The fraction of sp³-hybridized carbons (Fsp3) is 1.00. The topological polar surface area (TPSA) is 40.2 Å². The first-order valence-electron chi connectivity index (χ1n) is 8.23. The van der Waals surface area contributed by atoms with Gasteiger partial charge in [-0.25, -0.2) is 0 Å². The van der Waals surface area contributed by atoms with Crippen LogP contribution in [0.1, 0.15) is 26.7 Å². The van der Waals surface area contributed by atoms with Crippen molar-refractivity contribution in [2.45, 2.75) is 58.5 Å². The second-order valence-corrected chi connectivity index (χ2v) is 14.9. The highest BCUT2D eigenvalue weighted by molar-refractivity contribution is 6.73. The van der Waals surface area contributed by atoms with Crippen LogP contribution in [0.25, 0.3) is 0 Å². The first kappa shape index (κ1) is 22.2. The van der Waals surface area contributed by atoms with Crippen molar-refractivity contribution in [3.05, 3.63) is 0 Å². The number of hydrogen-bond donors (Lipinski definition) is 0. The van der Waals surface area contributed by atoms with Gasteiger partial charge in [0, 0.05) is 34.0 Å². The molecule has 0 saturated carbocycles. The van der Waals surface area contributed by atoms with Crippen LogP contribution in [0.2, 0.25) is 25.7 Å². The van der Waals surface area contributed by atoms with Gasteiger partial charge in [0.1, 0.15) is 8.24 Å². The molecule has 7 heteroatoms. The molecular weight excluding hydrogens is 314 g/mol. The van der Waals surface area contributed by atoms with Crippen LogP contribution in [0.3, 0.4) is 0 Å². The summed E-state index contributed by atoms with van der Waals surface area (Å²) in [6.45, 7) is 14.4. The maximum absolute atomic E-state index is 5.65. The predicted molar refractivity (Wildman–Crippen MR) is 96.8 cm³/mol. The molecule has 0 amide bonds. The first-order chi connectivity index (χ1) is 10.2. The Kier molecular flexibility index (Phi) is 11.0. The van der Waals surface area contributed by atoms with Crippen molar-refractivity contribution in [2.75, 3.05) is 41.0 Å². The molecule has 0 aromatic rings. The fourth-order valence-corrected chi connectivity index (χ4v) is 5.76. The third-order valence-corrected chi connectivity index (χ3v) is 8.99. The van der Waals surface area contributed by atoms with Gasteiger partial charge in [-0.2, -0.15) is 0 Å². The van der Waals surface area contributed by atoms with E-state index in [9.17, 15) is 0 Å². The molecule has 0 rings (SSSR count). The van der Waals surface area contributed by atoms with Crippen molar-refractivity contribution in [3.63, 3.8) is 0 Å². The van der Waals surface area contributed by atoms with Gasteiger partial charge in [-0.3, -0.25) is 0 Å². The second kappa shape index (κ2) is 10.9. The summed E-state index contributed by atoms with van der Waals surface area (Å²) in [5, 5.41) is 0. The molecule has 0 unspecified atom stereocenters. The van der Waals surface area contributed by atoms with Crippen LogP contribution >= 0.6 is 0 Å². The SMILES string of the molecule is CO[Si](CCCN(CCCOC(C)C)[Si](C)(C)C)(OC)OC. The molecule has 22 heavy (non-hydrogen) atoms. The lowest BCUT2D eigenvalue weighted by Crippen LogP contribution is -2.48. The van der Waals surface area contributed by atoms with Crippen LogP contribution < -0.4 is 0 Å². The van der Waals surface area contributed by atoms with Crippen LogP contribution in [-0.2, 0) is 18.0 Å². The minimum absolute atomic E-state index is 0.317. The van der Waals surface area contributed by atoms with E-state index in [2.05, 4.69) is 38.1 Å². The average molecular weight is 352 g/mol. The molecule has 0 radical (unpaired) electrons. The predicted octanol–water partition coefficient (Wildman–Crippen LogP) is 3.21. The van der Waals surface area contributed by atoms with Gasteiger partial charge in [0.25, 0.3) is 0 Å². The molecule has 0 aliphatic carbocycles. The molecule has 0 aromatic carbocycles. The Morgan fingerprint density at radius 1 is 0.864 bits per heavy atom. The van der Waals surface area contributed by atoms with Gasteiger partial charge in [0.2, 0.25) is 0 Å². The quantitative estimate of drug-likeness (QED) is 0.376. The molecule has 0 aliphatic heterocycles. The van der Waals surface area contributed by atoms with Crippen molar-refractivity contribution in [1.29, 1.82) is 0 Å². The van der Waals surface area contributed by atoms with Gasteiger partial charge >= 0.3 is 8.80 Å². The second-order valence-electron chi connectivity index (χ2n) is 6.83. The Morgan fingerprint density at radius 2 is 1.36 bits per heavy atom. The van der Waals surface area contributed by atoms with Crippen molar-refractivity contribution >= 4 is 17.0 Å². The van der Waals surface area contributed by atoms with Crippen LogP contribution in [0.5, 0.6) is 0 Å². The molecule has 0 spiro atoms. The normalized spacial score (nSPS) is 13.4. The van der Waals surface area contributed by atoms with Crippen LogP contribution in [0, 0.1) is 0 Å². The van der Waals surface area contributed by atoms with E-state index in [1.54, 1.807) is 21.3 Å². The maximum Gasteiger partial charge on any atom is 0.500 e. The fourth-order valence-electron chi connectivity index (χ4n) is 2.40. The molecule has 0 bridgehead atoms. The lowest BCUT2D eigenvalue weighted by molar-refractivity contribution is 0.0740. The molecule has 134 valence electrons. The van der Waals surface area contributed by atoms with Gasteiger partial charge < -0.3 is 22.6 Å². The lowest BCUT2D eigenvalue weighted by Gasteiger charge is -2.35. The summed E-state index contributed by atoms with van der Waals surface area (Å²) in [7, 11) is 1.29. The zero-order chi connectivity index (χ0) is 17.2. The molecule has 0 fully saturated rings. The van der Waals surface area contributed by atoms with E-state index in [-0.39, 0.29) is 0 Å². The molecule has 0 atom stereocenters. The third-order valence-electron chi connectivity index (χ3n) is 3.82. The highest BCUT2D eigenvalue weighted by atomic mass is 28.4. The Balaban J connectivity index is 4.31. The Hall–Kier alpha value is 0.234. The molecule has 0 N–H and O–H groups in total. The van der Waals surface area contributed by atoms with Crippen molar-refractivity contribution in [3.8, 4) is 0 Å². The van der Waals surface area contributed by atoms with E-state index >= 15 is 0 Å². The Morgan fingerprint density at radius 3 is 1.77 bits per heavy atom. The number of rotatable bonds is 13. The Labute approximate surface area is 139 Å². The summed E-state index contributed by atoms with van der Waals surface area (Å²) < 4.78 is 24.8. The number of nitrogens with zero attached hydrogens (tertiary/aromatic N) is 1. The van der Waals surface area contributed by atoms with E-state index in [1.807, 2.05) is 0 Å². The van der Waals surface area contributed by atoms with Gasteiger partial charge in [0.15, 0.2) is 0 Å². The molecule has 0 aliphatic rings. The van der Waals surface area contributed by atoms with Crippen molar-refractivity contribution in [2.24, 2.45) is 0 Å². The van der Waals surface area contributed by atoms with E-state index in [1.165, 1.54) is 0 Å². The lowest BCUT2D eigenvalue weighted by atomic mass is 10.4. The zero-order valence-corrected chi connectivity index (χ0v) is 17.9. The largest absolute Gasteiger partial charge is 0.500 e.